The summed E-state index contributed by atoms with van der Waals surface area (Å²) in [6.45, 7) is -0.0306. The maximum absolute atomic E-state index is 13.3. The molecule has 0 saturated heterocycles. The minimum Gasteiger partial charge on any atom is -0.380 e. The highest BCUT2D eigenvalue weighted by Gasteiger charge is 2.38. The molecule has 0 atom stereocenters. The Morgan fingerprint density at radius 3 is 2.07 bits per heavy atom. The Bertz CT molecular complexity index is 1010. The lowest BCUT2D eigenvalue weighted by Crippen LogP contribution is -2.14. The Morgan fingerprint density at radius 1 is 0.733 bits per heavy atom. The first-order valence-electron chi connectivity index (χ1n) is 8.87. The summed E-state index contributed by atoms with van der Waals surface area (Å²) in [4.78, 5) is 0. The van der Waals surface area contributed by atoms with E-state index in [1.807, 2.05) is 30.3 Å². The standard InChI is InChI=1S/C22H16ClF6N/c23-18-8-6-15(10-14-4-2-1-3-5-14)16(11-18)13-30-20-9-7-17(21(24,25)26)12-19(20)22(27,28)29/h1-9,11-12,30H,10,13H2. The first kappa shape index (κ1) is 22.0. The molecule has 0 fully saturated rings. The van der Waals surface area contributed by atoms with Gasteiger partial charge in [0.1, 0.15) is 0 Å². The van der Waals surface area contributed by atoms with Crippen molar-refractivity contribution in [3.8, 4) is 0 Å². The lowest BCUT2D eigenvalue weighted by molar-refractivity contribution is -0.142. The Balaban J connectivity index is 1.89. The van der Waals surface area contributed by atoms with Gasteiger partial charge in [-0.3, -0.25) is 0 Å². The molecule has 0 bridgehead atoms. The van der Waals surface area contributed by atoms with Gasteiger partial charge >= 0.3 is 12.4 Å². The maximum atomic E-state index is 13.3. The van der Waals surface area contributed by atoms with E-state index < -0.39 is 29.2 Å². The SMILES string of the molecule is FC(F)(F)c1ccc(NCc2cc(Cl)ccc2Cc2ccccc2)c(C(F)(F)F)c1. The molecule has 3 aromatic rings. The van der Waals surface area contributed by atoms with Crippen LogP contribution in [0.3, 0.4) is 0 Å². The molecular formula is C22H16ClF6N. The van der Waals surface area contributed by atoms with E-state index in [0.717, 1.165) is 17.2 Å². The third kappa shape index (κ3) is 5.48. The van der Waals surface area contributed by atoms with Gasteiger partial charge in [0.05, 0.1) is 11.1 Å². The summed E-state index contributed by atoms with van der Waals surface area (Å²) in [5.41, 5.74) is -0.650. The van der Waals surface area contributed by atoms with Crippen LogP contribution < -0.4 is 5.32 Å². The fourth-order valence-corrected chi connectivity index (χ4v) is 3.24. The van der Waals surface area contributed by atoms with Crippen LogP contribution in [-0.2, 0) is 25.3 Å². The van der Waals surface area contributed by atoms with Crippen molar-refractivity contribution in [2.45, 2.75) is 25.3 Å². The zero-order valence-corrected chi connectivity index (χ0v) is 16.2. The largest absolute Gasteiger partial charge is 0.418 e. The number of halogens is 7. The molecule has 0 radical (unpaired) electrons. The van der Waals surface area contributed by atoms with E-state index in [9.17, 15) is 26.3 Å². The molecule has 0 spiro atoms. The van der Waals surface area contributed by atoms with Crippen LogP contribution >= 0.6 is 11.6 Å². The molecule has 1 nitrogen and oxygen atoms in total. The molecule has 0 aliphatic carbocycles. The van der Waals surface area contributed by atoms with Crippen molar-refractivity contribution >= 4 is 17.3 Å². The van der Waals surface area contributed by atoms with Crippen LogP contribution in [0, 0.1) is 0 Å². The van der Waals surface area contributed by atoms with Crippen molar-refractivity contribution < 1.29 is 26.3 Å². The highest BCUT2D eigenvalue weighted by Crippen LogP contribution is 2.39. The number of benzene rings is 3. The zero-order valence-electron chi connectivity index (χ0n) is 15.4. The van der Waals surface area contributed by atoms with E-state index in [0.29, 0.717) is 23.1 Å². The average molecular weight is 444 g/mol. The smallest absolute Gasteiger partial charge is 0.380 e. The molecule has 0 aliphatic heterocycles. The Kier molecular flexibility index (Phi) is 6.31. The van der Waals surface area contributed by atoms with Crippen LogP contribution in [0.15, 0.2) is 66.7 Å². The maximum Gasteiger partial charge on any atom is 0.418 e. The van der Waals surface area contributed by atoms with Gasteiger partial charge in [0.2, 0.25) is 0 Å². The lowest BCUT2D eigenvalue weighted by Gasteiger charge is -2.18. The third-order valence-electron chi connectivity index (χ3n) is 4.53. The summed E-state index contributed by atoms with van der Waals surface area (Å²) in [6, 6.07) is 16.1. The number of alkyl halides is 6. The highest BCUT2D eigenvalue weighted by atomic mass is 35.5. The molecule has 8 heteroatoms. The van der Waals surface area contributed by atoms with Gasteiger partial charge in [0, 0.05) is 17.3 Å². The first-order valence-corrected chi connectivity index (χ1v) is 9.25. The van der Waals surface area contributed by atoms with Crippen LogP contribution in [-0.4, -0.2) is 0 Å². The summed E-state index contributed by atoms with van der Waals surface area (Å²) < 4.78 is 78.6. The Hall–Kier alpha value is -2.67. The molecule has 0 aliphatic rings. The lowest BCUT2D eigenvalue weighted by atomic mass is 9.99. The molecule has 3 rings (SSSR count). The van der Waals surface area contributed by atoms with Crippen LogP contribution in [0.4, 0.5) is 32.0 Å². The minimum absolute atomic E-state index is 0.0306. The van der Waals surface area contributed by atoms with E-state index in [1.165, 1.54) is 0 Å². The van der Waals surface area contributed by atoms with Crippen LogP contribution in [0.5, 0.6) is 0 Å². The summed E-state index contributed by atoms with van der Waals surface area (Å²) in [5.74, 6) is 0. The minimum atomic E-state index is -4.94. The average Bonchev–Trinajstić information content (AvgIpc) is 2.67. The number of anilines is 1. The van der Waals surface area contributed by atoms with E-state index in [2.05, 4.69) is 5.32 Å². The second kappa shape index (κ2) is 8.60. The van der Waals surface area contributed by atoms with Gasteiger partial charge in [-0.15, -0.1) is 0 Å². The Morgan fingerprint density at radius 2 is 1.43 bits per heavy atom. The van der Waals surface area contributed by atoms with Crippen molar-refractivity contribution in [1.29, 1.82) is 0 Å². The van der Waals surface area contributed by atoms with Gasteiger partial charge in [0.15, 0.2) is 0 Å². The predicted octanol–water partition coefficient (Wildman–Crippen LogP) is 7.58. The molecule has 0 heterocycles. The van der Waals surface area contributed by atoms with Crippen molar-refractivity contribution in [3.05, 3.63) is 99.6 Å². The van der Waals surface area contributed by atoms with Gasteiger partial charge in [-0.1, -0.05) is 48.0 Å². The van der Waals surface area contributed by atoms with Crippen molar-refractivity contribution in [2.24, 2.45) is 0 Å². The monoisotopic (exact) mass is 443 g/mol. The molecule has 0 unspecified atom stereocenters. The Labute approximate surface area is 174 Å². The van der Waals surface area contributed by atoms with E-state index in [1.54, 1.807) is 18.2 Å². The molecule has 0 aromatic heterocycles. The van der Waals surface area contributed by atoms with Crippen LogP contribution in [0.2, 0.25) is 5.02 Å². The number of rotatable bonds is 5. The van der Waals surface area contributed by atoms with Crippen molar-refractivity contribution in [1.82, 2.24) is 0 Å². The van der Waals surface area contributed by atoms with E-state index in [-0.39, 0.29) is 12.6 Å². The van der Waals surface area contributed by atoms with Crippen molar-refractivity contribution in [2.75, 3.05) is 5.32 Å². The molecule has 1 N–H and O–H groups in total. The van der Waals surface area contributed by atoms with Gasteiger partial charge in [-0.2, -0.15) is 26.3 Å². The van der Waals surface area contributed by atoms with E-state index >= 15 is 0 Å². The molecule has 0 amide bonds. The molecule has 3 aromatic carbocycles. The van der Waals surface area contributed by atoms with Crippen molar-refractivity contribution in [3.63, 3.8) is 0 Å². The molecular weight excluding hydrogens is 428 g/mol. The van der Waals surface area contributed by atoms with Gasteiger partial charge in [-0.25, -0.2) is 0 Å². The number of nitrogens with one attached hydrogen (secondary N) is 1. The second-order valence-electron chi connectivity index (χ2n) is 6.68. The molecule has 158 valence electrons. The fraction of sp³-hybridized carbons (Fsp3) is 0.182. The van der Waals surface area contributed by atoms with Crippen LogP contribution in [0.1, 0.15) is 27.8 Å². The summed E-state index contributed by atoms with van der Waals surface area (Å²) >= 11 is 6.04. The fourth-order valence-electron chi connectivity index (χ4n) is 3.05. The van der Waals surface area contributed by atoms with Gasteiger partial charge in [-0.05, 0) is 53.4 Å². The highest BCUT2D eigenvalue weighted by molar-refractivity contribution is 6.30. The second-order valence-corrected chi connectivity index (χ2v) is 7.12. The van der Waals surface area contributed by atoms with Gasteiger partial charge in [0.25, 0.3) is 0 Å². The molecule has 0 saturated carbocycles. The van der Waals surface area contributed by atoms with E-state index in [4.69, 9.17) is 11.6 Å². The number of hydrogen-bond acceptors (Lipinski definition) is 1. The third-order valence-corrected chi connectivity index (χ3v) is 4.76. The summed E-state index contributed by atoms with van der Waals surface area (Å²) in [6.07, 6.45) is -9.27. The summed E-state index contributed by atoms with van der Waals surface area (Å²) in [5, 5.41) is 3.03. The summed E-state index contributed by atoms with van der Waals surface area (Å²) in [7, 11) is 0. The molecule has 30 heavy (non-hydrogen) atoms. The predicted molar refractivity (Wildman–Crippen MR) is 104 cm³/mol. The zero-order chi connectivity index (χ0) is 21.9. The topological polar surface area (TPSA) is 12.0 Å². The quantitative estimate of drug-likeness (QED) is 0.401. The number of hydrogen-bond donors (Lipinski definition) is 1. The van der Waals surface area contributed by atoms with Crippen LogP contribution in [0.25, 0.3) is 0 Å². The normalized spacial score (nSPS) is 12.1. The first-order chi connectivity index (χ1) is 14.0. The van der Waals surface area contributed by atoms with Gasteiger partial charge < -0.3 is 5.32 Å².